The summed E-state index contributed by atoms with van der Waals surface area (Å²) in [6.45, 7) is 0. The summed E-state index contributed by atoms with van der Waals surface area (Å²) >= 11 is 0. The first-order valence-electron chi connectivity index (χ1n) is 6.67. The molecule has 21 heavy (non-hydrogen) atoms. The van der Waals surface area contributed by atoms with Crippen molar-refractivity contribution in [1.82, 2.24) is 4.98 Å². The molecule has 4 rings (SSSR count). The molecule has 0 atom stereocenters. The van der Waals surface area contributed by atoms with Gasteiger partial charge >= 0.3 is 0 Å². The maximum Gasteiger partial charge on any atom is 0.0167 e. The Hall–Kier alpha value is -2.02. The molecule has 0 bridgehead atoms. The third-order valence-corrected chi connectivity index (χ3v) is 3.63. The molecule has 3 aromatic carbocycles. The molecular weight excluding hydrogens is 434 g/mol. The number of hydrogen-bond acceptors (Lipinski definition) is 1. The van der Waals surface area contributed by atoms with Gasteiger partial charge in [-0.05, 0) is 28.1 Å². The van der Waals surface area contributed by atoms with Crippen LogP contribution in [-0.4, -0.2) is 4.98 Å². The molecule has 0 N–H and O–H groups in total. The monoisotopic (exact) mass is 447 g/mol. The Labute approximate surface area is 137 Å². The van der Waals surface area contributed by atoms with E-state index >= 15 is 0 Å². The fraction of sp³-hybridized carbons (Fsp3) is 0. The van der Waals surface area contributed by atoms with Gasteiger partial charge in [-0.25, -0.2) is 0 Å². The number of fused-ring (bicyclic) bond motifs is 3. The van der Waals surface area contributed by atoms with Gasteiger partial charge in [0.05, 0.1) is 0 Å². The number of nitrogens with zero attached hydrogens (tertiary/aromatic N) is 1. The number of aromatic nitrogens is 1. The van der Waals surface area contributed by atoms with Crippen molar-refractivity contribution in [2.24, 2.45) is 0 Å². The molecule has 0 spiro atoms. The summed E-state index contributed by atoms with van der Waals surface area (Å²) in [6.07, 6.45) is 1.88. The Bertz CT molecular complexity index is 901. The predicted molar refractivity (Wildman–Crippen MR) is 83.5 cm³/mol. The molecule has 0 saturated heterocycles. The van der Waals surface area contributed by atoms with Crippen LogP contribution >= 0.6 is 0 Å². The third-order valence-electron chi connectivity index (χ3n) is 3.63. The third kappa shape index (κ3) is 2.37. The van der Waals surface area contributed by atoms with E-state index in [9.17, 15) is 0 Å². The fourth-order valence-corrected chi connectivity index (χ4v) is 2.68. The van der Waals surface area contributed by atoms with Gasteiger partial charge < -0.3 is 4.98 Å². The van der Waals surface area contributed by atoms with E-state index < -0.39 is 0 Å². The molecule has 1 radical (unpaired) electrons. The Kier molecular flexibility index (Phi) is 3.83. The summed E-state index contributed by atoms with van der Waals surface area (Å²) in [7, 11) is 0. The summed E-state index contributed by atoms with van der Waals surface area (Å²) in [5.41, 5.74) is 3.45. The first-order chi connectivity index (χ1) is 9.93. The van der Waals surface area contributed by atoms with Gasteiger partial charge in [-0.2, -0.15) is 0 Å². The maximum atomic E-state index is 4.56. The summed E-state index contributed by atoms with van der Waals surface area (Å²) < 4.78 is 0. The van der Waals surface area contributed by atoms with Crippen LogP contribution in [0.4, 0.5) is 0 Å². The Morgan fingerprint density at radius 1 is 0.810 bits per heavy atom. The topological polar surface area (TPSA) is 12.9 Å². The Balaban J connectivity index is 0.00000132. The standard InChI is InChI=1S/C19H12N.Ir/c1-2-6-14(7-3-1)16-12-13-20-19-17-9-5-4-8-15(17)10-11-18(16)19;/h1-8,10-13H;/q-1;. The minimum Gasteiger partial charge on any atom is -0.304 e. The molecule has 0 aliphatic carbocycles. The quantitative estimate of drug-likeness (QED) is 0.301. The number of rotatable bonds is 1. The molecule has 0 aliphatic heterocycles. The van der Waals surface area contributed by atoms with E-state index in [0.29, 0.717) is 0 Å². The summed E-state index contributed by atoms with van der Waals surface area (Å²) in [6, 6.07) is 26.2. The van der Waals surface area contributed by atoms with Gasteiger partial charge in [0.25, 0.3) is 0 Å². The van der Waals surface area contributed by atoms with Crippen LogP contribution in [0.15, 0.2) is 72.9 Å². The number of pyridine rings is 1. The largest absolute Gasteiger partial charge is 0.304 e. The van der Waals surface area contributed by atoms with E-state index in [1.54, 1.807) is 0 Å². The van der Waals surface area contributed by atoms with Gasteiger partial charge in [-0.1, -0.05) is 42.5 Å². The van der Waals surface area contributed by atoms with Crippen LogP contribution in [0.3, 0.4) is 0 Å². The SMILES string of the molecule is [Ir].[c-]1cccc2ccc3c(-c4ccccc4)ccnc3c12. The summed E-state index contributed by atoms with van der Waals surface area (Å²) in [4.78, 5) is 4.56. The van der Waals surface area contributed by atoms with Crippen LogP contribution in [0.5, 0.6) is 0 Å². The van der Waals surface area contributed by atoms with E-state index in [1.165, 1.54) is 21.9 Å². The molecule has 0 amide bonds. The molecule has 0 unspecified atom stereocenters. The van der Waals surface area contributed by atoms with Crippen LogP contribution in [0.2, 0.25) is 0 Å². The maximum absolute atomic E-state index is 4.56. The van der Waals surface area contributed by atoms with Gasteiger partial charge in [-0.15, -0.1) is 35.0 Å². The van der Waals surface area contributed by atoms with Crippen molar-refractivity contribution in [2.45, 2.75) is 0 Å². The fourth-order valence-electron chi connectivity index (χ4n) is 2.68. The normalized spacial score (nSPS) is 10.5. The molecule has 103 valence electrons. The molecule has 0 aliphatic rings. The van der Waals surface area contributed by atoms with Gasteiger partial charge in [0.1, 0.15) is 0 Å². The van der Waals surface area contributed by atoms with Gasteiger partial charge in [0, 0.05) is 26.3 Å². The van der Waals surface area contributed by atoms with E-state index in [0.717, 1.165) is 10.9 Å². The van der Waals surface area contributed by atoms with Crippen molar-refractivity contribution in [3.05, 3.63) is 79.0 Å². The van der Waals surface area contributed by atoms with Crippen molar-refractivity contribution >= 4 is 21.7 Å². The minimum absolute atomic E-state index is 0. The predicted octanol–water partition coefficient (Wildman–Crippen LogP) is 4.85. The smallest absolute Gasteiger partial charge is 0.0167 e. The molecule has 0 saturated carbocycles. The molecule has 1 aromatic heterocycles. The van der Waals surface area contributed by atoms with Crippen molar-refractivity contribution in [2.75, 3.05) is 0 Å². The van der Waals surface area contributed by atoms with Crippen LogP contribution in [0.1, 0.15) is 0 Å². The first kappa shape index (κ1) is 13.9. The van der Waals surface area contributed by atoms with Crippen molar-refractivity contribution in [3.63, 3.8) is 0 Å². The molecule has 0 fully saturated rings. The molecule has 4 aromatic rings. The van der Waals surface area contributed by atoms with E-state index in [1.807, 2.05) is 24.4 Å². The van der Waals surface area contributed by atoms with Crippen LogP contribution in [0.25, 0.3) is 32.8 Å². The second-order valence-corrected chi connectivity index (χ2v) is 4.82. The van der Waals surface area contributed by atoms with Crippen LogP contribution in [0, 0.1) is 6.07 Å². The second kappa shape index (κ2) is 5.77. The Morgan fingerprint density at radius 2 is 1.67 bits per heavy atom. The molecule has 1 nitrogen and oxygen atoms in total. The zero-order valence-electron chi connectivity index (χ0n) is 11.2. The van der Waals surface area contributed by atoms with Crippen molar-refractivity contribution in [1.29, 1.82) is 0 Å². The van der Waals surface area contributed by atoms with E-state index in [-0.39, 0.29) is 20.1 Å². The number of benzene rings is 3. The van der Waals surface area contributed by atoms with Crippen molar-refractivity contribution in [3.8, 4) is 11.1 Å². The zero-order valence-corrected chi connectivity index (χ0v) is 13.6. The van der Waals surface area contributed by atoms with Gasteiger partial charge in [-0.3, -0.25) is 0 Å². The number of hydrogen-bond donors (Lipinski definition) is 0. The second-order valence-electron chi connectivity index (χ2n) is 4.82. The van der Waals surface area contributed by atoms with E-state index in [2.05, 4.69) is 59.6 Å². The molecular formula is C19H12IrN-. The zero-order chi connectivity index (χ0) is 13.4. The Morgan fingerprint density at radius 3 is 2.52 bits per heavy atom. The average molecular weight is 447 g/mol. The van der Waals surface area contributed by atoms with Crippen LogP contribution in [-0.2, 0) is 20.1 Å². The van der Waals surface area contributed by atoms with Gasteiger partial charge in [0.2, 0.25) is 0 Å². The molecule has 2 heteroatoms. The van der Waals surface area contributed by atoms with Gasteiger partial charge in [0.15, 0.2) is 0 Å². The summed E-state index contributed by atoms with van der Waals surface area (Å²) in [5.74, 6) is 0. The summed E-state index contributed by atoms with van der Waals surface area (Å²) in [5, 5.41) is 3.44. The minimum atomic E-state index is 0. The van der Waals surface area contributed by atoms with Crippen LogP contribution < -0.4 is 0 Å². The first-order valence-corrected chi connectivity index (χ1v) is 6.67. The van der Waals surface area contributed by atoms with E-state index in [4.69, 9.17) is 0 Å². The average Bonchev–Trinajstić information content (AvgIpc) is 2.55. The van der Waals surface area contributed by atoms with Crippen molar-refractivity contribution < 1.29 is 20.1 Å². The molecule has 1 heterocycles.